The Labute approximate surface area is 32.4 Å². The van der Waals surface area contributed by atoms with Crippen LogP contribution in [0.1, 0.15) is 0 Å². The molecule has 0 amide bonds. The number of hydrogen-bond donors (Lipinski definition) is 0. The first-order valence-electron chi connectivity index (χ1n) is 0. The fourth-order valence-corrected chi connectivity index (χ4v) is 0. The number of hydrogen-bond acceptors (Lipinski definition) is 0. The van der Waals surface area contributed by atoms with E-state index in [4.69, 9.17) is 0 Å². The van der Waals surface area contributed by atoms with Crippen molar-refractivity contribution in [2.24, 2.45) is 0 Å². The van der Waals surface area contributed by atoms with Crippen LogP contribution in [0.2, 0.25) is 0 Å². The van der Waals surface area contributed by atoms with Crippen molar-refractivity contribution in [1.29, 1.82) is 0 Å². The number of rotatable bonds is 0. The Morgan fingerprint density at radius 1 is 0.500 bits per heavy atom. The van der Waals surface area contributed by atoms with E-state index in [0.29, 0.717) is 0 Å². The number of halogens is 2. The molecule has 0 atom stereocenters. The zero-order valence-electron chi connectivity index (χ0n) is 0.816. The molecule has 0 bridgehead atoms. The van der Waals surface area contributed by atoms with Gasteiger partial charge in [0.2, 0.25) is 0 Å². The quantitative estimate of drug-likeness (QED) is 0.296. The Hall–Kier alpha value is 0.294. The molecule has 0 aromatic carbocycles. The van der Waals surface area contributed by atoms with Crippen molar-refractivity contribution in [2.45, 2.75) is 0 Å². The smallest absolute Gasteiger partial charge is 0.0149 e. The summed E-state index contributed by atoms with van der Waals surface area (Å²) < 4.78 is 0. The van der Waals surface area contributed by atoms with E-state index in [1.807, 2.05) is 0 Å². The Morgan fingerprint density at radius 3 is 0.500 bits per heavy atom. The van der Waals surface area contributed by atoms with Crippen LogP contribution in [-0.2, 0) is 0 Å². The summed E-state index contributed by atoms with van der Waals surface area (Å²) in [6, 6.07) is 0. The standard InChI is InChI=1S/2FH.2H4Si/h2*1H;2*1H4. The van der Waals surface area contributed by atoms with Crippen LogP contribution in [0.15, 0.2) is 0 Å². The normalized spacial score (nSPS) is 0. The Kier molecular flexibility index (Phi) is 27100. The summed E-state index contributed by atoms with van der Waals surface area (Å²) in [6.45, 7) is 0. The van der Waals surface area contributed by atoms with Crippen molar-refractivity contribution in [1.82, 2.24) is 0 Å². The molecule has 0 nitrogen and oxygen atoms in total. The minimum absolute atomic E-state index is 0. The van der Waals surface area contributed by atoms with Gasteiger partial charge in [0.15, 0.2) is 0 Å². The molecule has 0 aliphatic carbocycles. The zero-order chi connectivity index (χ0) is 0. The van der Waals surface area contributed by atoms with E-state index < -0.39 is 0 Å². The minimum atomic E-state index is 0. The van der Waals surface area contributed by atoms with Gasteiger partial charge in [0.1, 0.15) is 0 Å². The van der Waals surface area contributed by atoms with Gasteiger partial charge in [0.05, 0.1) is 0 Å². The van der Waals surface area contributed by atoms with Gasteiger partial charge in [-0.2, -0.15) is 0 Å². The second-order valence-corrected chi connectivity index (χ2v) is 0. The summed E-state index contributed by atoms with van der Waals surface area (Å²) in [5.74, 6) is 0. The topological polar surface area (TPSA) is 0 Å². The molecule has 0 fully saturated rings. The van der Waals surface area contributed by atoms with Gasteiger partial charge in [-0.1, -0.05) is 0 Å². The highest BCUT2D eigenvalue weighted by Crippen LogP contribution is 0.421. The van der Waals surface area contributed by atoms with Crippen LogP contribution in [0.25, 0.3) is 0 Å². The van der Waals surface area contributed by atoms with Crippen LogP contribution in [0.5, 0.6) is 0 Å². The largest absolute Gasteiger partial charge is 0.269 e. The van der Waals surface area contributed by atoms with E-state index in [1.165, 1.54) is 0 Å². The third kappa shape index (κ3) is 44.5. The van der Waals surface area contributed by atoms with Crippen LogP contribution >= 0.6 is 0 Å². The maximum Gasteiger partial charge on any atom is -0.0149 e. The van der Waals surface area contributed by atoms with Crippen LogP contribution in [0, 0.1) is 0 Å². The van der Waals surface area contributed by atoms with Crippen molar-refractivity contribution in [3.05, 3.63) is 0 Å². The van der Waals surface area contributed by atoms with E-state index in [-0.39, 0.29) is 31.3 Å². The first kappa shape index (κ1) is 540. The fourth-order valence-electron chi connectivity index (χ4n) is 0. The molecule has 0 N–H and O–H groups in total. The molecule has 4 heteroatoms. The summed E-state index contributed by atoms with van der Waals surface area (Å²) in [5.41, 5.74) is 0. The van der Waals surface area contributed by atoms with Gasteiger partial charge >= 0.3 is 0 Å². The van der Waals surface area contributed by atoms with Gasteiger partial charge in [0, 0.05) is 0 Å². The SMILES string of the molecule is F.F.[SiH4].[SiH4]. The van der Waals surface area contributed by atoms with Gasteiger partial charge in [-0.25, -0.2) is 0 Å². The molecule has 0 unspecified atom stereocenters. The molecule has 0 saturated carbocycles. The van der Waals surface area contributed by atoms with Crippen molar-refractivity contribution >= 4 is 21.9 Å². The van der Waals surface area contributed by atoms with Crippen molar-refractivity contribution in [2.75, 3.05) is 0 Å². The lowest BCUT2D eigenvalue weighted by Gasteiger charge is -0.270. The predicted octanol–water partition coefficient (Wildman–Crippen LogP) is -2.60. The molecule has 0 rings (SSSR count). The highest BCUT2D eigenvalue weighted by molar-refractivity contribution is 5.76. The molecule has 0 saturated heterocycles. The maximum atomic E-state index is 0. The molecule has 0 aliphatic heterocycles. The molecular formula is H10F2Si2. The molecular weight excluding hydrogens is 94.2 g/mol. The highest BCUT2D eigenvalue weighted by atomic mass is 28.1. The van der Waals surface area contributed by atoms with Gasteiger partial charge in [-0.3, -0.25) is 9.41 Å². The lowest BCUT2D eigenvalue weighted by molar-refractivity contribution is 1.11. The lowest BCUT2D eigenvalue weighted by atomic mass is 19.0. The van der Waals surface area contributed by atoms with Gasteiger partial charge < -0.3 is 0 Å². The van der Waals surface area contributed by atoms with E-state index in [1.54, 1.807) is 0 Å². The highest BCUT2D eigenvalue weighted by Gasteiger charge is -0.0138. The van der Waals surface area contributed by atoms with E-state index in [2.05, 4.69) is 0 Å². The van der Waals surface area contributed by atoms with Gasteiger partial charge in [-0.15, -0.1) is 0 Å². The van der Waals surface area contributed by atoms with Crippen LogP contribution in [0.4, 0.5) is 9.41 Å². The molecule has 4 heavy (non-hydrogen) atoms. The average Bonchev–Trinajstić information content (AvgIpc) is 0. The first-order chi connectivity index (χ1) is 0. The Morgan fingerprint density at radius 2 is 0.500 bits per heavy atom. The first-order valence-corrected chi connectivity index (χ1v) is 0. The second-order valence-electron chi connectivity index (χ2n) is 0. The maximum absolute atomic E-state index is 0. The summed E-state index contributed by atoms with van der Waals surface area (Å²) in [6.07, 6.45) is 0. The molecule has 0 radical (unpaired) electrons. The van der Waals surface area contributed by atoms with Crippen molar-refractivity contribution < 1.29 is 9.41 Å². The molecule has 0 heterocycles. The summed E-state index contributed by atoms with van der Waals surface area (Å²) >= 11 is 0. The molecule has 0 spiro atoms. The summed E-state index contributed by atoms with van der Waals surface area (Å²) in [5, 5.41) is 0. The van der Waals surface area contributed by atoms with Gasteiger partial charge in [-0.05, 0) is 21.9 Å². The molecule has 0 aliphatic rings. The third-order valence-electron chi connectivity index (χ3n) is 0. The third-order valence-corrected chi connectivity index (χ3v) is 0. The fraction of sp³-hybridized carbons (Fsp3) is 0. The molecule has 32 valence electrons. The molecule has 0 aromatic heterocycles. The summed E-state index contributed by atoms with van der Waals surface area (Å²) in [7, 11) is 0. The van der Waals surface area contributed by atoms with E-state index in [9.17, 15) is 0 Å². The summed E-state index contributed by atoms with van der Waals surface area (Å²) in [4.78, 5) is 0. The van der Waals surface area contributed by atoms with Crippen LogP contribution in [0.3, 0.4) is 0 Å². The monoisotopic (exact) mass is 104 g/mol. The Bertz CT molecular complexity index is 4.00. The predicted molar refractivity (Wildman–Crippen MR) is 27.7 cm³/mol. The second kappa shape index (κ2) is 201. The van der Waals surface area contributed by atoms with E-state index >= 15 is 0 Å². The van der Waals surface area contributed by atoms with Crippen molar-refractivity contribution in [3.8, 4) is 0 Å². The Balaban J connectivity index is 0. The minimum Gasteiger partial charge on any atom is -0.269 e. The lowest BCUT2D eigenvalue weighted by Crippen LogP contribution is -0.382. The van der Waals surface area contributed by atoms with Crippen LogP contribution < -0.4 is 0 Å². The van der Waals surface area contributed by atoms with Crippen LogP contribution in [-0.4, -0.2) is 21.9 Å². The van der Waals surface area contributed by atoms with E-state index in [0.717, 1.165) is 0 Å². The average molecular weight is 104 g/mol. The van der Waals surface area contributed by atoms with Crippen molar-refractivity contribution in [3.63, 3.8) is 0 Å². The molecule has 0 aromatic rings. The van der Waals surface area contributed by atoms with Gasteiger partial charge in [0.25, 0.3) is 0 Å². The zero-order valence-corrected chi connectivity index (χ0v) is 0.816.